The number of aliphatic hydroxyl groups is 1. The minimum absolute atomic E-state index is 0.117. The first kappa shape index (κ1) is 14.1. The number of nitrogens with one attached hydrogen (secondary N) is 1. The molecule has 0 radical (unpaired) electrons. The maximum Gasteiger partial charge on any atom is 0.258 e. The zero-order chi connectivity index (χ0) is 13.4. The van der Waals surface area contributed by atoms with Crippen LogP contribution >= 0.6 is 0 Å². The number of carbonyl (C=O) groups is 1. The third-order valence-corrected chi connectivity index (χ3v) is 2.25. The zero-order valence-corrected chi connectivity index (χ0v) is 10.3. The molecule has 0 atom stereocenters. The molecule has 0 aromatic heterocycles. The fraction of sp³-hybridized carbons (Fsp3) is 0.308. The van der Waals surface area contributed by atoms with E-state index in [2.05, 4.69) is 11.9 Å². The van der Waals surface area contributed by atoms with E-state index in [0.717, 1.165) is 0 Å². The van der Waals surface area contributed by atoms with Gasteiger partial charge in [0.25, 0.3) is 5.91 Å². The normalized spacial score (nSPS) is 9.67. The van der Waals surface area contributed by atoms with Crippen LogP contribution in [-0.2, 0) is 11.4 Å². The van der Waals surface area contributed by atoms with E-state index in [1.54, 1.807) is 24.3 Å². The topological polar surface area (TPSA) is 67.8 Å². The number of methoxy groups -OCH3 is 1. The second kappa shape index (κ2) is 7.34. The van der Waals surface area contributed by atoms with Crippen molar-refractivity contribution >= 4 is 5.91 Å². The SMILES string of the molecule is C=CCNC(=O)COc1cc(OC)ccc1CO. The van der Waals surface area contributed by atoms with Crippen LogP contribution in [0.3, 0.4) is 0 Å². The second-order valence-corrected chi connectivity index (χ2v) is 3.51. The summed E-state index contributed by atoms with van der Waals surface area (Å²) in [7, 11) is 1.54. The van der Waals surface area contributed by atoms with Crippen LogP contribution < -0.4 is 14.8 Å². The number of carbonyl (C=O) groups excluding carboxylic acids is 1. The van der Waals surface area contributed by atoms with Crippen molar-refractivity contribution in [1.82, 2.24) is 5.32 Å². The fourth-order valence-electron chi connectivity index (χ4n) is 1.31. The third kappa shape index (κ3) is 4.10. The predicted molar refractivity (Wildman–Crippen MR) is 67.6 cm³/mol. The molecule has 0 bridgehead atoms. The quantitative estimate of drug-likeness (QED) is 0.706. The lowest BCUT2D eigenvalue weighted by atomic mass is 10.2. The molecule has 0 fully saturated rings. The zero-order valence-electron chi connectivity index (χ0n) is 10.3. The molecule has 0 aliphatic rings. The van der Waals surface area contributed by atoms with Crippen molar-refractivity contribution in [2.24, 2.45) is 0 Å². The number of ether oxygens (including phenoxy) is 2. The summed E-state index contributed by atoms with van der Waals surface area (Å²) in [4.78, 5) is 11.4. The van der Waals surface area contributed by atoms with E-state index in [0.29, 0.717) is 23.6 Å². The number of hydrogen-bond acceptors (Lipinski definition) is 4. The molecular weight excluding hydrogens is 234 g/mol. The standard InChI is InChI=1S/C13H17NO4/c1-3-6-14-13(16)9-18-12-7-11(17-2)5-4-10(12)8-15/h3-5,7,15H,1,6,8-9H2,2H3,(H,14,16). The van der Waals surface area contributed by atoms with Crippen molar-refractivity contribution in [3.8, 4) is 11.5 Å². The predicted octanol–water partition coefficient (Wildman–Crippen LogP) is 0.868. The van der Waals surface area contributed by atoms with Gasteiger partial charge in [0.2, 0.25) is 0 Å². The van der Waals surface area contributed by atoms with Crippen LogP contribution in [0.4, 0.5) is 0 Å². The highest BCUT2D eigenvalue weighted by atomic mass is 16.5. The Hall–Kier alpha value is -2.01. The van der Waals surface area contributed by atoms with Crippen molar-refractivity contribution in [3.05, 3.63) is 36.4 Å². The summed E-state index contributed by atoms with van der Waals surface area (Å²) in [6, 6.07) is 5.04. The average molecular weight is 251 g/mol. The van der Waals surface area contributed by atoms with E-state index in [4.69, 9.17) is 14.6 Å². The molecule has 1 aromatic carbocycles. The molecule has 1 aromatic rings. The van der Waals surface area contributed by atoms with Crippen LogP contribution in [0.15, 0.2) is 30.9 Å². The van der Waals surface area contributed by atoms with Gasteiger partial charge in [-0.3, -0.25) is 4.79 Å². The first-order valence-corrected chi connectivity index (χ1v) is 5.49. The molecule has 1 rings (SSSR count). The van der Waals surface area contributed by atoms with E-state index < -0.39 is 0 Å². The summed E-state index contributed by atoms with van der Waals surface area (Å²) >= 11 is 0. The van der Waals surface area contributed by atoms with Gasteiger partial charge in [-0.25, -0.2) is 0 Å². The number of hydrogen-bond donors (Lipinski definition) is 2. The van der Waals surface area contributed by atoms with Crippen LogP contribution in [-0.4, -0.2) is 31.3 Å². The summed E-state index contributed by atoms with van der Waals surface area (Å²) in [6.45, 7) is 3.62. The van der Waals surface area contributed by atoms with E-state index >= 15 is 0 Å². The Bertz CT molecular complexity index is 417. The van der Waals surface area contributed by atoms with Crippen molar-refractivity contribution < 1.29 is 19.4 Å². The molecule has 0 aliphatic carbocycles. The van der Waals surface area contributed by atoms with Crippen LogP contribution in [0.2, 0.25) is 0 Å². The fourth-order valence-corrected chi connectivity index (χ4v) is 1.31. The highest BCUT2D eigenvalue weighted by Gasteiger charge is 2.07. The number of amides is 1. The van der Waals surface area contributed by atoms with Gasteiger partial charge in [0.1, 0.15) is 11.5 Å². The Kier molecular flexibility index (Phi) is 5.73. The average Bonchev–Trinajstić information content (AvgIpc) is 2.42. The van der Waals surface area contributed by atoms with Gasteiger partial charge in [-0.1, -0.05) is 6.08 Å². The Labute approximate surface area is 106 Å². The molecule has 0 saturated heterocycles. The lowest BCUT2D eigenvalue weighted by Gasteiger charge is -2.11. The smallest absolute Gasteiger partial charge is 0.258 e. The molecular formula is C13H17NO4. The summed E-state index contributed by atoms with van der Waals surface area (Å²) in [5, 5.41) is 11.7. The molecule has 0 unspecified atom stereocenters. The molecule has 0 saturated carbocycles. The van der Waals surface area contributed by atoms with Gasteiger partial charge in [-0.2, -0.15) is 0 Å². The molecule has 0 heterocycles. The Balaban J connectivity index is 2.64. The van der Waals surface area contributed by atoms with E-state index in [9.17, 15) is 4.79 Å². The Morgan fingerprint density at radius 2 is 2.33 bits per heavy atom. The molecule has 0 spiro atoms. The van der Waals surface area contributed by atoms with Crippen molar-refractivity contribution in [1.29, 1.82) is 0 Å². The van der Waals surface area contributed by atoms with Gasteiger partial charge >= 0.3 is 0 Å². The van der Waals surface area contributed by atoms with Crippen LogP contribution in [0.5, 0.6) is 11.5 Å². The third-order valence-electron chi connectivity index (χ3n) is 2.25. The van der Waals surface area contributed by atoms with Gasteiger partial charge in [-0.15, -0.1) is 6.58 Å². The lowest BCUT2D eigenvalue weighted by molar-refractivity contribution is -0.122. The van der Waals surface area contributed by atoms with E-state index in [1.165, 1.54) is 7.11 Å². The Morgan fingerprint density at radius 3 is 2.94 bits per heavy atom. The van der Waals surface area contributed by atoms with Gasteiger partial charge in [0, 0.05) is 18.2 Å². The van der Waals surface area contributed by atoms with E-state index in [-0.39, 0.29) is 19.1 Å². The molecule has 0 aliphatic heterocycles. The molecule has 18 heavy (non-hydrogen) atoms. The number of benzene rings is 1. The maximum absolute atomic E-state index is 11.4. The summed E-state index contributed by atoms with van der Waals surface area (Å²) in [5.74, 6) is 0.793. The van der Waals surface area contributed by atoms with Gasteiger partial charge in [0.05, 0.1) is 13.7 Å². The maximum atomic E-state index is 11.4. The number of aliphatic hydroxyl groups excluding tert-OH is 1. The van der Waals surface area contributed by atoms with Gasteiger partial charge in [-0.05, 0) is 12.1 Å². The van der Waals surface area contributed by atoms with Crippen molar-refractivity contribution in [2.45, 2.75) is 6.61 Å². The van der Waals surface area contributed by atoms with Crippen molar-refractivity contribution in [3.63, 3.8) is 0 Å². The first-order chi connectivity index (χ1) is 8.71. The Morgan fingerprint density at radius 1 is 1.56 bits per heavy atom. The largest absolute Gasteiger partial charge is 0.497 e. The summed E-state index contributed by atoms with van der Waals surface area (Å²) < 4.78 is 10.4. The molecule has 98 valence electrons. The highest BCUT2D eigenvalue weighted by molar-refractivity contribution is 5.77. The molecule has 5 heteroatoms. The van der Waals surface area contributed by atoms with Gasteiger partial charge in [0.15, 0.2) is 6.61 Å². The molecule has 1 amide bonds. The minimum Gasteiger partial charge on any atom is -0.497 e. The minimum atomic E-state index is -0.249. The molecule has 2 N–H and O–H groups in total. The second-order valence-electron chi connectivity index (χ2n) is 3.51. The lowest BCUT2D eigenvalue weighted by Crippen LogP contribution is -2.28. The van der Waals surface area contributed by atoms with E-state index in [1.807, 2.05) is 0 Å². The van der Waals surface area contributed by atoms with Crippen LogP contribution in [0.1, 0.15) is 5.56 Å². The monoisotopic (exact) mass is 251 g/mol. The number of rotatable bonds is 7. The summed E-state index contributed by atoms with van der Waals surface area (Å²) in [5.41, 5.74) is 0.604. The van der Waals surface area contributed by atoms with Crippen LogP contribution in [0.25, 0.3) is 0 Å². The van der Waals surface area contributed by atoms with Crippen LogP contribution in [0, 0.1) is 0 Å². The van der Waals surface area contributed by atoms with Crippen molar-refractivity contribution in [2.75, 3.05) is 20.3 Å². The molecule has 5 nitrogen and oxygen atoms in total. The summed E-state index contributed by atoms with van der Waals surface area (Å²) in [6.07, 6.45) is 1.59. The first-order valence-electron chi connectivity index (χ1n) is 5.49. The highest BCUT2D eigenvalue weighted by Crippen LogP contribution is 2.24. The van der Waals surface area contributed by atoms with Gasteiger partial charge < -0.3 is 19.9 Å².